The molecule has 3 rings (SSSR count). The van der Waals surface area contributed by atoms with E-state index in [9.17, 15) is 24.3 Å². The molecule has 0 saturated heterocycles. The predicted molar refractivity (Wildman–Crippen MR) is 113 cm³/mol. The molecular formula is C25H24O5. The number of ketones is 3. The molecule has 1 atom stereocenters. The minimum Gasteiger partial charge on any atom is -0.481 e. The highest BCUT2D eigenvalue weighted by Crippen LogP contribution is 2.29. The zero-order valence-electron chi connectivity index (χ0n) is 16.9. The molecule has 0 unspecified atom stereocenters. The van der Waals surface area contributed by atoms with Crippen LogP contribution in [0, 0.1) is 5.92 Å². The smallest absolute Gasteiger partial charge is 0.307 e. The van der Waals surface area contributed by atoms with Gasteiger partial charge in [0.1, 0.15) is 5.78 Å². The summed E-state index contributed by atoms with van der Waals surface area (Å²) in [5.41, 5.74) is 2.58. The molecule has 0 fully saturated rings. The maximum atomic E-state index is 12.7. The van der Waals surface area contributed by atoms with E-state index >= 15 is 0 Å². The summed E-state index contributed by atoms with van der Waals surface area (Å²) in [6.07, 6.45) is 1.17. The zero-order valence-corrected chi connectivity index (χ0v) is 16.9. The standard InChI is InChI=1S/C25H24O5/c1-16-20(24(28)22-12-6-5-11-21(22)23(16)27)13-7-10-19(26)15-18(25(29)30)14-17-8-3-2-4-9-17/h2-6,8-9,11-12,18H,7,10,13-15H2,1H3,(H,29,30)/t18-/m1/s1. The first-order chi connectivity index (χ1) is 14.4. The molecule has 5 nitrogen and oxygen atoms in total. The van der Waals surface area contributed by atoms with E-state index in [-0.39, 0.29) is 30.2 Å². The van der Waals surface area contributed by atoms with Crippen molar-refractivity contribution in [2.24, 2.45) is 5.92 Å². The van der Waals surface area contributed by atoms with Crippen molar-refractivity contribution in [3.63, 3.8) is 0 Å². The van der Waals surface area contributed by atoms with Crippen molar-refractivity contribution in [1.29, 1.82) is 0 Å². The fraction of sp³-hybridized carbons (Fsp3) is 0.280. The van der Waals surface area contributed by atoms with Gasteiger partial charge in [0.25, 0.3) is 0 Å². The van der Waals surface area contributed by atoms with Crippen molar-refractivity contribution in [3.8, 4) is 0 Å². The largest absolute Gasteiger partial charge is 0.481 e. The molecule has 1 aliphatic carbocycles. The summed E-state index contributed by atoms with van der Waals surface area (Å²) < 4.78 is 0. The molecule has 0 heterocycles. The van der Waals surface area contributed by atoms with Crippen molar-refractivity contribution in [2.75, 3.05) is 0 Å². The fourth-order valence-electron chi connectivity index (χ4n) is 3.84. The average molecular weight is 404 g/mol. The number of fused-ring (bicyclic) bond motifs is 1. The number of benzene rings is 2. The Hall–Kier alpha value is -3.34. The SMILES string of the molecule is CC1=C(CCCC(=O)C[C@@H](Cc2ccccc2)C(=O)O)C(=O)c2ccccc2C1=O. The summed E-state index contributed by atoms with van der Waals surface area (Å²) in [4.78, 5) is 49.2. The summed E-state index contributed by atoms with van der Waals surface area (Å²) >= 11 is 0. The van der Waals surface area contributed by atoms with E-state index in [1.54, 1.807) is 31.2 Å². The van der Waals surface area contributed by atoms with Gasteiger partial charge in [-0.3, -0.25) is 19.2 Å². The topological polar surface area (TPSA) is 88.5 Å². The fourth-order valence-corrected chi connectivity index (χ4v) is 3.84. The first-order valence-electron chi connectivity index (χ1n) is 10.0. The second-order valence-electron chi connectivity index (χ2n) is 7.63. The molecule has 2 aromatic rings. The normalized spacial score (nSPS) is 14.4. The lowest BCUT2D eigenvalue weighted by Gasteiger charge is -2.19. The molecule has 5 heteroatoms. The molecule has 0 aromatic heterocycles. The lowest BCUT2D eigenvalue weighted by molar-refractivity contribution is -0.143. The molecule has 1 aliphatic rings. The Morgan fingerprint density at radius 3 is 2.13 bits per heavy atom. The first kappa shape index (κ1) is 21.4. The molecule has 30 heavy (non-hydrogen) atoms. The van der Waals surface area contributed by atoms with Crippen molar-refractivity contribution < 1.29 is 24.3 Å². The van der Waals surface area contributed by atoms with Crippen LogP contribution in [0.4, 0.5) is 0 Å². The molecule has 1 N–H and O–H groups in total. The highest BCUT2D eigenvalue weighted by Gasteiger charge is 2.29. The van der Waals surface area contributed by atoms with Gasteiger partial charge >= 0.3 is 5.97 Å². The van der Waals surface area contributed by atoms with E-state index in [0.29, 0.717) is 41.5 Å². The van der Waals surface area contributed by atoms with Gasteiger partial charge in [0.05, 0.1) is 5.92 Å². The van der Waals surface area contributed by atoms with Gasteiger partial charge < -0.3 is 5.11 Å². The first-order valence-corrected chi connectivity index (χ1v) is 10.0. The Balaban J connectivity index is 1.58. The molecule has 154 valence electrons. The molecular weight excluding hydrogens is 380 g/mol. The van der Waals surface area contributed by atoms with Gasteiger partial charge in [-0.15, -0.1) is 0 Å². The predicted octanol–water partition coefficient (Wildman–Crippen LogP) is 4.46. The number of hydrogen-bond donors (Lipinski definition) is 1. The zero-order chi connectivity index (χ0) is 21.7. The number of carbonyl (C=O) groups excluding carboxylic acids is 3. The van der Waals surface area contributed by atoms with Crippen LogP contribution in [-0.4, -0.2) is 28.4 Å². The third-order valence-corrected chi connectivity index (χ3v) is 5.51. The van der Waals surface area contributed by atoms with Crippen LogP contribution < -0.4 is 0 Å². The summed E-state index contributed by atoms with van der Waals surface area (Å²) in [5, 5.41) is 9.46. The van der Waals surface area contributed by atoms with Crippen LogP contribution in [0.5, 0.6) is 0 Å². The number of Topliss-reactive ketones (excluding diaryl/α,β-unsaturated/α-hetero) is 3. The number of hydrogen-bond acceptors (Lipinski definition) is 4. The van der Waals surface area contributed by atoms with Gasteiger partial charge in [0.2, 0.25) is 0 Å². The van der Waals surface area contributed by atoms with E-state index in [1.807, 2.05) is 30.3 Å². The Morgan fingerprint density at radius 1 is 0.900 bits per heavy atom. The average Bonchev–Trinajstić information content (AvgIpc) is 2.74. The number of carboxylic acid groups (broad SMARTS) is 1. The molecule has 0 radical (unpaired) electrons. The lowest BCUT2D eigenvalue weighted by Crippen LogP contribution is -2.22. The van der Waals surface area contributed by atoms with E-state index in [1.165, 1.54) is 0 Å². The molecule has 0 amide bonds. The molecule has 0 spiro atoms. The van der Waals surface area contributed by atoms with Crippen molar-refractivity contribution in [1.82, 2.24) is 0 Å². The Kier molecular flexibility index (Phi) is 6.72. The van der Waals surface area contributed by atoms with E-state index in [0.717, 1.165) is 5.56 Å². The highest BCUT2D eigenvalue weighted by atomic mass is 16.4. The van der Waals surface area contributed by atoms with Crippen molar-refractivity contribution in [2.45, 2.75) is 39.0 Å². The Morgan fingerprint density at radius 2 is 1.50 bits per heavy atom. The van der Waals surface area contributed by atoms with E-state index in [2.05, 4.69) is 0 Å². The summed E-state index contributed by atoms with van der Waals surface area (Å²) in [7, 11) is 0. The van der Waals surface area contributed by atoms with E-state index in [4.69, 9.17) is 0 Å². The van der Waals surface area contributed by atoms with Gasteiger partial charge in [-0.05, 0) is 31.7 Å². The highest BCUT2D eigenvalue weighted by molar-refractivity contribution is 6.26. The quantitative estimate of drug-likeness (QED) is 0.667. The van der Waals surface area contributed by atoms with Crippen molar-refractivity contribution >= 4 is 23.3 Å². The second kappa shape index (κ2) is 9.44. The summed E-state index contributed by atoms with van der Waals surface area (Å²) in [6, 6.07) is 16.0. The van der Waals surface area contributed by atoms with Crippen LogP contribution in [0.25, 0.3) is 0 Å². The number of carbonyl (C=O) groups is 4. The summed E-state index contributed by atoms with van der Waals surface area (Å²) in [5.74, 6) is -2.23. The molecule has 0 saturated carbocycles. The lowest BCUT2D eigenvalue weighted by atomic mass is 9.82. The minimum atomic E-state index is -0.990. The van der Waals surface area contributed by atoms with Crippen LogP contribution in [0.2, 0.25) is 0 Å². The third-order valence-electron chi connectivity index (χ3n) is 5.51. The van der Waals surface area contributed by atoms with Crippen LogP contribution in [0.15, 0.2) is 65.7 Å². The number of carboxylic acids is 1. The van der Waals surface area contributed by atoms with Crippen LogP contribution in [0.1, 0.15) is 58.9 Å². The van der Waals surface area contributed by atoms with E-state index < -0.39 is 11.9 Å². The minimum absolute atomic E-state index is 0.0437. The monoisotopic (exact) mass is 404 g/mol. The maximum absolute atomic E-state index is 12.7. The molecule has 0 bridgehead atoms. The Labute approximate surface area is 175 Å². The number of rotatable bonds is 9. The van der Waals surface area contributed by atoms with Gasteiger partial charge in [-0.25, -0.2) is 0 Å². The number of allylic oxidation sites excluding steroid dienone is 2. The van der Waals surface area contributed by atoms with Crippen LogP contribution in [-0.2, 0) is 16.0 Å². The van der Waals surface area contributed by atoms with Gasteiger partial charge in [0.15, 0.2) is 11.6 Å². The second-order valence-corrected chi connectivity index (χ2v) is 7.63. The van der Waals surface area contributed by atoms with Gasteiger partial charge in [0, 0.05) is 35.1 Å². The molecule has 0 aliphatic heterocycles. The van der Waals surface area contributed by atoms with Crippen LogP contribution >= 0.6 is 0 Å². The van der Waals surface area contributed by atoms with Gasteiger partial charge in [-0.1, -0.05) is 54.6 Å². The Bertz CT molecular complexity index is 1020. The molecule has 2 aromatic carbocycles. The summed E-state index contributed by atoms with van der Waals surface area (Å²) in [6.45, 7) is 1.65. The third kappa shape index (κ3) is 4.79. The number of aliphatic carboxylic acids is 1. The van der Waals surface area contributed by atoms with Gasteiger partial charge in [-0.2, -0.15) is 0 Å². The van der Waals surface area contributed by atoms with Crippen molar-refractivity contribution in [3.05, 3.63) is 82.4 Å². The maximum Gasteiger partial charge on any atom is 0.307 e. The van der Waals surface area contributed by atoms with Crippen LogP contribution in [0.3, 0.4) is 0 Å².